The molecule has 2 rings (SSSR count). The number of rotatable bonds is 5. The molecule has 2 N–H and O–H groups in total. The van der Waals surface area contributed by atoms with Crippen molar-refractivity contribution in [3.8, 4) is 0 Å². The molecule has 7 heteroatoms. The van der Waals surface area contributed by atoms with Gasteiger partial charge in [0, 0.05) is 54.9 Å². The Bertz CT molecular complexity index is 745. The van der Waals surface area contributed by atoms with Gasteiger partial charge in [-0.3, -0.25) is 9.48 Å². The molecule has 0 aliphatic heterocycles. The quantitative estimate of drug-likeness (QED) is 0.846. The van der Waals surface area contributed by atoms with Crippen molar-refractivity contribution in [2.75, 3.05) is 5.73 Å². The molecule has 0 saturated heterocycles. The minimum absolute atomic E-state index is 0.0653. The summed E-state index contributed by atoms with van der Waals surface area (Å²) in [7, 11) is 1.91. The van der Waals surface area contributed by atoms with E-state index in [4.69, 9.17) is 5.73 Å². The van der Waals surface area contributed by atoms with E-state index in [9.17, 15) is 4.79 Å². The maximum atomic E-state index is 12.6. The van der Waals surface area contributed by atoms with E-state index in [-0.39, 0.29) is 17.9 Å². The van der Waals surface area contributed by atoms with Gasteiger partial charge in [-0.25, -0.2) is 9.97 Å². The van der Waals surface area contributed by atoms with Crippen molar-refractivity contribution in [1.29, 1.82) is 0 Å². The van der Waals surface area contributed by atoms with E-state index in [1.165, 1.54) is 6.08 Å². The van der Waals surface area contributed by atoms with Crippen LogP contribution in [-0.4, -0.2) is 36.6 Å². The summed E-state index contributed by atoms with van der Waals surface area (Å²) in [4.78, 5) is 22.2. The summed E-state index contributed by atoms with van der Waals surface area (Å²) in [6.45, 7) is 8.51. The van der Waals surface area contributed by atoms with Crippen LogP contribution in [0.2, 0.25) is 0 Å². The summed E-state index contributed by atoms with van der Waals surface area (Å²) in [5.41, 5.74) is 9.30. The Labute approximate surface area is 142 Å². The van der Waals surface area contributed by atoms with Crippen molar-refractivity contribution in [2.45, 2.75) is 40.3 Å². The normalized spacial score (nSPS) is 11.4. The third-order valence-electron chi connectivity index (χ3n) is 4.00. The number of nitrogens with two attached hydrogens (primary N) is 1. The first-order chi connectivity index (χ1) is 11.3. The second-order valence-electron chi connectivity index (χ2n) is 6.04. The number of hydrogen-bond acceptors (Lipinski definition) is 5. The van der Waals surface area contributed by atoms with E-state index in [0.717, 1.165) is 22.5 Å². The van der Waals surface area contributed by atoms with Crippen LogP contribution >= 0.6 is 0 Å². The fraction of sp³-hybridized carbons (Fsp3) is 0.412. The minimum Gasteiger partial charge on any atom is -0.368 e. The Morgan fingerprint density at radius 2 is 1.96 bits per heavy atom. The Kier molecular flexibility index (Phi) is 5.33. The van der Waals surface area contributed by atoms with E-state index >= 15 is 0 Å². The van der Waals surface area contributed by atoms with Crippen molar-refractivity contribution in [3.63, 3.8) is 0 Å². The molecule has 128 valence electrons. The topological polar surface area (TPSA) is 89.9 Å². The lowest BCUT2D eigenvalue weighted by atomic mass is 10.1. The maximum Gasteiger partial charge on any atom is 0.247 e. The zero-order valence-electron chi connectivity index (χ0n) is 14.8. The van der Waals surface area contributed by atoms with Gasteiger partial charge in [0.05, 0.1) is 5.69 Å². The van der Waals surface area contributed by atoms with Gasteiger partial charge in [-0.15, -0.1) is 0 Å². The number of aromatic nitrogens is 4. The number of amides is 1. The molecule has 0 saturated carbocycles. The highest BCUT2D eigenvalue weighted by Gasteiger charge is 2.19. The molecule has 0 radical (unpaired) electrons. The molecule has 2 heterocycles. The summed E-state index contributed by atoms with van der Waals surface area (Å²) in [5, 5.41) is 4.42. The van der Waals surface area contributed by atoms with Crippen LogP contribution in [0.3, 0.4) is 0 Å². The monoisotopic (exact) mass is 328 g/mol. The Morgan fingerprint density at radius 3 is 2.46 bits per heavy atom. The molecule has 0 aliphatic rings. The third kappa shape index (κ3) is 3.98. The average molecular weight is 328 g/mol. The second kappa shape index (κ2) is 7.25. The molecule has 0 unspecified atom stereocenters. The molecule has 2 aromatic heterocycles. The van der Waals surface area contributed by atoms with Crippen molar-refractivity contribution in [3.05, 3.63) is 41.0 Å². The predicted octanol–water partition coefficient (Wildman–Crippen LogP) is 1.86. The summed E-state index contributed by atoms with van der Waals surface area (Å²) in [6, 6.07) is 0.0730. The molecule has 0 spiro atoms. The van der Waals surface area contributed by atoms with Gasteiger partial charge in [-0.2, -0.15) is 5.10 Å². The van der Waals surface area contributed by atoms with E-state index in [2.05, 4.69) is 15.1 Å². The molecule has 0 fully saturated rings. The van der Waals surface area contributed by atoms with Gasteiger partial charge in [-0.05, 0) is 33.8 Å². The van der Waals surface area contributed by atoms with E-state index in [0.29, 0.717) is 6.54 Å². The highest BCUT2D eigenvalue weighted by Crippen LogP contribution is 2.17. The first kappa shape index (κ1) is 17.7. The van der Waals surface area contributed by atoms with Crippen LogP contribution in [-0.2, 0) is 18.4 Å². The van der Waals surface area contributed by atoms with Crippen LogP contribution in [0.1, 0.15) is 36.4 Å². The number of nitrogens with zero attached hydrogens (tertiary/aromatic N) is 5. The minimum atomic E-state index is -0.0653. The SMILES string of the molecule is Cc1nn(C)c(C)c1CN(C(=O)C=Cc1cnc(N)nc1)C(C)C. The van der Waals surface area contributed by atoms with Gasteiger partial charge in [0.25, 0.3) is 0 Å². The molecule has 0 aliphatic carbocycles. The lowest BCUT2D eigenvalue weighted by molar-refractivity contribution is -0.128. The van der Waals surface area contributed by atoms with E-state index in [1.54, 1.807) is 18.5 Å². The van der Waals surface area contributed by atoms with Crippen molar-refractivity contribution in [2.24, 2.45) is 7.05 Å². The van der Waals surface area contributed by atoms with Gasteiger partial charge in [0.2, 0.25) is 11.9 Å². The van der Waals surface area contributed by atoms with Gasteiger partial charge in [0.1, 0.15) is 0 Å². The zero-order valence-corrected chi connectivity index (χ0v) is 14.8. The van der Waals surface area contributed by atoms with Gasteiger partial charge >= 0.3 is 0 Å². The number of nitrogen functional groups attached to an aromatic ring is 1. The fourth-order valence-corrected chi connectivity index (χ4v) is 2.43. The highest BCUT2D eigenvalue weighted by atomic mass is 16.2. The molecule has 7 nitrogen and oxygen atoms in total. The fourth-order valence-electron chi connectivity index (χ4n) is 2.43. The average Bonchev–Trinajstić information content (AvgIpc) is 2.76. The number of anilines is 1. The molecule has 1 amide bonds. The smallest absolute Gasteiger partial charge is 0.247 e. The molecule has 0 atom stereocenters. The van der Waals surface area contributed by atoms with Crippen LogP contribution in [0, 0.1) is 13.8 Å². The number of hydrogen-bond donors (Lipinski definition) is 1. The second-order valence-corrected chi connectivity index (χ2v) is 6.04. The number of carbonyl (C=O) groups is 1. The lowest BCUT2D eigenvalue weighted by Crippen LogP contribution is -2.35. The standard InChI is InChI=1S/C17H24N6O/c1-11(2)23(10-15-12(3)21-22(5)13(15)4)16(24)7-6-14-8-19-17(18)20-9-14/h6-9,11H,10H2,1-5H3,(H2,18,19,20). The summed E-state index contributed by atoms with van der Waals surface area (Å²) in [6.07, 6.45) is 6.40. The molecule has 0 bridgehead atoms. The van der Waals surface area contributed by atoms with Gasteiger partial charge < -0.3 is 10.6 Å². The lowest BCUT2D eigenvalue weighted by Gasteiger charge is -2.25. The summed E-state index contributed by atoms with van der Waals surface area (Å²) >= 11 is 0. The van der Waals surface area contributed by atoms with Crippen LogP contribution < -0.4 is 5.73 Å². The Hall–Kier alpha value is -2.70. The maximum absolute atomic E-state index is 12.6. The van der Waals surface area contributed by atoms with E-state index < -0.39 is 0 Å². The van der Waals surface area contributed by atoms with Crippen LogP contribution in [0.25, 0.3) is 6.08 Å². The molecule has 0 aromatic carbocycles. The molecule has 2 aromatic rings. The van der Waals surface area contributed by atoms with Crippen molar-refractivity contribution < 1.29 is 4.79 Å². The molecule has 24 heavy (non-hydrogen) atoms. The largest absolute Gasteiger partial charge is 0.368 e. The van der Waals surface area contributed by atoms with Crippen LogP contribution in [0.15, 0.2) is 18.5 Å². The van der Waals surface area contributed by atoms with Crippen molar-refractivity contribution >= 4 is 17.9 Å². The predicted molar refractivity (Wildman–Crippen MR) is 93.8 cm³/mol. The summed E-state index contributed by atoms with van der Waals surface area (Å²) < 4.78 is 1.84. The van der Waals surface area contributed by atoms with Gasteiger partial charge in [-0.1, -0.05) is 0 Å². The third-order valence-corrected chi connectivity index (χ3v) is 4.00. The number of carbonyl (C=O) groups excluding carboxylic acids is 1. The highest BCUT2D eigenvalue weighted by molar-refractivity contribution is 5.91. The van der Waals surface area contributed by atoms with Crippen LogP contribution in [0.4, 0.5) is 5.95 Å². The first-order valence-electron chi connectivity index (χ1n) is 7.85. The molecular weight excluding hydrogens is 304 g/mol. The Morgan fingerprint density at radius 1 is 1.33 bits per heavy atom. The number of aryl methyl sites for hydroxylation is 2. The molecular formula is C17H24N6O. The first-order valence-corrected chi connectivity index (χ1v) is 7.85. The Balaban J connectivity index is 2.17. The van der Waals surface area contributed by atoms with E-state index in [1.807, 2.05) is 44.3 Å². The van der Waals surface area contributed by atoms with Crippen molar-refractivity contribution in [1.82, 2.24) is 24.6 Å². The zero-order chi connectivity index (χ0) is 17.9. The van der Waals surface area contributed by atoms with Crippen LogP contribution in [0.5, 0.6) is 0 Å². The van der Waals surface area contributed by atoms with Gasteiger partial charge in [0.15, 0.2) is 0 Å². The summed E-state index contributed by atoms with van der Waals surface area (Å²) in [5.74, 6) is 0.147.